The molecule has 0 aromatic heterocycles. The maximum atomic E-state index is 7.50. The van der Waals surface area contributed by atoms with Crippen LogP contribution < -0.4 is 0 Å². The van der Waals surface area contributed by atoms with E-state index in [2.05, 4.69) is 51.2 Å². The molecular formula is C15H12O6W. The van der Waals surface area contributed by atoms with Gasteiger partial charge in [-0.05, 0) is 0 Å². The first kappa shape index (κ1) is 32.5. The molecule has 0 saturated heterocycles. The molecule has 0 saturated carbocycles. The van der Waals surface area contributed by atoms with Gasteiger partial charge in [-0.1, -0.05) is 0 Å². The molecule has 0 radical (unpaired) electrons. The molecule has 114 valence electrons. The molecule has 0 atom stereocenters. The quantitative estimate of drug-likeness (QED) is 0.340. The second-order valence-corrected chi connectivity index (χ2v) is 3.92. The molecule has 6 nitrogen and oxygen atoms in total. The number of allylic oxidation sites excluding steroid dienone is 2. The van der Waals surface area contributed by atoms with Gasteiger partial charge in [0, 0.05) is 0 Å². The van der Waals surface area contributed by atoms with Crippen LogP contribution in [0.1, 0.15) is 26.2 Å². The van der Waals surface area contributed by atoms with Crippen molar-refractivity contribution in [2.45, 2.75) is 26.2 Å². The Hall–Kier alpha value is -1.48. The first-order chi connectivity index (χ1) is 10.8. The Morgan fingerprint density at radius 1 is 1.09 bits per heavy atom. The summed E-state index contributed by atoms with van der Waals surface area (Å²) in [4.78, 5) is 0. The van der Waals surface area contributed by atoms with Crippen molar-refractivity contribution in [3.63, 3.8) is 0 Å². The second-order valence-electron chi connectivity index (χ2n) is 2.59. The molecule has 7 heteroatoms. The fourth-order valence-electron chi connectivity index (χ4n) is 1.08. The van der Waals surface area contributed by atoms with Crippen molar-refractivity contribution in [3.8, 4) is 11.8 Å². The van der Waals surface area contributed by atoms with E-state index in [1.165, 1.54) is 37.8 Å². The van der Waals surface area contributed by atoms with Crippen LogP contribution in [0.4, 0.5) is 0 Å². The van der Waals surface area contributed by atoms with Gasteiger partial charge in [-0.3, -0.25) is 0 Å². The molecule has 0 aromatic rings. The van der Waals surface area contributed by atoms with Crippen LogP contribution >= 0.6 is 0 Å². The molecule has 0 amide bonds. The number of ether oxygens (including phenoxy) is 1. The third-order valence-corrected chi connectivity index (χ3v) is 2.43. The van der Waals surface area contributed by atoms with Crippen molar-refractivity contribution in [3.05, 3.63) is 44.9 Å². The van der Waals surface area contributed by atoms with E-state index in [1.54, 1.807) is 0 Å². The van der Waals surface area contributed by atoms with Gasteiger partial charge in [0.25, 0.3) is 0 Å². The SMILES string of the molecule is CCO[C](=[W])C#CC1=CCCC1.[C-]#[O+].[C-]#[O+].[C-]#[O+].[C-]#[O+].[C-]#[O+]. The van der Waals surface area contributed by atoms with Crippen LogP contribution in [-0.4, -0.2) is 10.7 Å². The Labute approximate surface area is 141 Å². The Bertz CT molecular complexity index is 408. The molecule has 0 fully saturated rings. The third-order valence-electron chi connectivity index (χ3n) is 1.64. The Morgan fingerprint density at radius 3 is 1.86 bits per heavy atom. The average Bonchev–Trinajstić information content (AvgIpc) is 3.16. The van der Waals surface area contributed by atoms with Gasteiger partial charge in [-0.15, -0.1) is 0 Å². The number of hydrogen-bond acceptors (Lipinski definition) is 1. The van der Waals surface area contributed by atoms with Gasteiger partial charge in [0.05, 0.1) is 0 Å². The van der Waals surface area contributed by atoms with Crippen molar-refractivity contribution in [1.82, 2.24) is 0 Å². The summed E-state index contributed by atoms with van der Waals surface area (Å²) in [5.41, 5.74) is 1.29. The Morgan fingerprint density at radius 2 is 1.55 bits per heavy atom. The third kappa shape index (κ3) is 31.1. The monoisotopic (exact) mass is 472 g/mol. The van der Waals surface area contributed by atoms with Crippen molar-refractivity contribution in [1.29, 1.82) is 0 Å². The van der Waals surface area contributed by atoms with Crippen LogP contribution in [0.5, 0.6) is 0 Å². The van der Waals surface area contributed by atoms with Gasteiger partial charge < -0.3 is 0 Å². The molecule has 1 aliphatic rings. The average molecular weight is 472 g/mol. The fraction of sp³-hybridized carbons (Fsp3) is 0.333. The molecule has 0 unspecified atom stereocenters. The normalized spacial score (nSPS) is 8.59. The van der Waals surface area contributed by atoms with Gasteiger partial charge >= 0.3 is 141 Å². The van der Waals surface area contributed by atoms with Gasteiger partial charge in [0.15, 0.2) is 0 Å². The molecule has 0 aromatic carbocycles. The van der Waals surface area contributed by atoms with Gasteiger partial charge in [-0.2, -0.15) is 0 Å². The van der Waals surface area contributed by atoms with E-state index in [4.69, 9.17) is 28.0 Å². The topological polar surface area (TPSA) is 109 Å². The zero-order chi connectivity index (χ0) is 18.8. The van der Waals surface area contributed by atoms with Crippen molar-refractivity contribution < 1.29 is 47.4 Å². The van der Waals surface area contributed by atoms with Crippen LogP contribution in [0.25, 0.3) is 0 Å². The zero-order valence-corrected chi connectivity index (χ0v) is 14.7. The summed E-state index contributed by atoms with van der Waals surface area (Å²) >= 11 is 1.32. The van der Waals surface area contributed by atoms with E-state index in [9.17, 15) is 0 Å². The predicted molar refractivity (Wildman–Crippen MR) is 66.0 cm³/mol. The van der Waals surface area contributed by atoms with Gasteiger partial charge in [0.2, 0.25) is 0 Å². The van der Waals surface area contributed by atoms with Crippen LogP contribution in [0.3, 0.4) is 0 Å². The van der Waals surface area contributed by atoms with Crippen LogP contribution in [0.2, 0.25) is 0 Å². The summed E-state index contributed by atoms with van der Waals surface area (Å²) in [6.07, 6.45) is 5.85. The summed E-state index contributed by atoms with van der Waals surface area (Å²) in [6, 6.07) is 0. The Kier molecular flexibility index (Phi) is 63.0. The summed E-state index contributed by atoms with van der Waals surface area (Å²) in [5.74, 6) is 6.17. The van der Waals surface area contributed by atoms with Crippen LogP contribution in [-0.2, 0) is 47.4 Å². The summed E-state index contributed by atoms with van der Waals surface area (Å²) in [5, 5.41) is 0. The zero-order valence-electron chi connectivity index (χ0n) is 11.8. The van der Waals surface area contributed by atoms with Crippen LogP contribution in [0.15, 0.2) is 11.6 Å². The molecule has 0 N–H and O–H groups in total. The van der Waals surface area contributed by atoms with Crippen molar-refractivity contribution in [2.24, 2.45) is 0 Å². The fourth-order valence-corrected chi connectivity index (χ4v) is 1.69. The first-order valence-electron chi connectivity index (χ1n) is 5.23. The molecule has 0 spiro atoms. The molecule has 1 rings (SSSR count). The van der Waals surface area contributed by atoms with E-state index < -0.39 is 0 Å². The summed E-state index contributed by atoms with van der Waals surface area (Å²) in [7, 11) is 0. The minimum atomic E-state index is 0.729. The molecule has 22 heavy (non-hydrogen) atoms. The van der Waals surface area contributed by atoms with E-state index in [-0.39, 0.29) is 0 Å². The second kappa shape index (κ2) is 42.7. The van der Waals surface area contributed by atoms with Crippen molar-refractivity contribution >= 4 is 4.08 Å². The van der Waals surface area contributed by atoms with Gasteiger partial charge in [-0.25, -0.2) is 0 Å². The summed E-state index contributed by atoms with van der Waals surface area (Å²) < 4.78 is 43.7. The summed E-state index contributed by atoms with van der Waals surface area (Å²) in [6.45, 7) is 25.2. The predicted octanol–water partition coefficient (Wildman–Crippen LogP) is 1.63. The molecule has 1 aliphatic carbocycles. The van der Waals surface area contributed by atoms with E-state index in [0.29, 0.717) is 0 Å². The maximum absolute atomic E-state index is 7.50. The molecule has 0 bridgehead atoms. The first-order valence-corrected chi connectivity index (χ1v) is 6.69. The van der Waals surface area contributed by atoms with E-state index in [1.807, 2.05) is 6.92 Å². The minimum absolute atomic E-state index is 0.729. The number of rotatable bonds is 2. The molecule has 0 heterocycles. The van der Waals surface area contributed by atoms with Crippen LogP contribution in [0, 0.1) is 45.1 Å². The van der Waals surface area contributed by atoms with Crippen molar-refractivity contribution in [2.75, 3.05) is 6.61 Å². The molecular weight excluding hydrogens is 460 g/mol. The number of hydrogen-bond donors (Lipinski definition) is 0. The van der Waals surface area contributed by atoms with E-state index >= 15 is 0 Å². The van der Waals surface area contributed by atoms with E-state index in [0.717, 1.165) is 17.1 Å². The standard InChI is InChI=1S/C10H12O.5CO.W/c1-2-11-9-5-8-10-6-3-4-7-10;5*1-2;/h6H,2-4,7H2,1H3;;;;;;. The van der Waals surface area contributed by atoms with Gasteiger partial charge in [0.1, 0.15) is 0 Å². The Balaban J connectivity index is -0.0000000822. The molecule has 0 aliphatic heterocycles.